The van der Waals surface area contributed by atoms with Crippen LogP contribution in [-0.2, 0) is 19.6 Å². The third-order valence-corrected chi connectivity index (χ3v) is 4.69. The molecule has 1 aromatic carbocycles. The Morgan fingerprint density at radius 3 is 2.44 bits per heavy atom. The van der Waals surface area contributed by atoms with Crippen molar-refractivity contribution in [1.29, 1.82) is 0 Å². The molecule has 25 heavy (non-hydrogen) atoms. The summed E-state index contributed by atoms with van der Waals surface area (Å²) in [7, 11) is 2.03. The molecule has 0 spiro atoms. The standard InChI is InChI=1S/C15H23N3O6S/c1-18(2)14(19)10-16-15(20)11-5-6-12(24-4)13(9-11)25(21,22)17-7-8-23-3/h5-6,9,17H,7-8,10H2,1-4H3,(H,16,20). The van der Waals surface area contributed by atoms with Gasteiger partial charge in [0.1, 0.15) is 10.6 Å². The SMILES string of the molecule is COCCNS(=O)(=O)c1cc(C(=O)NCC(=O)N(C)C)ccc1OC. The molecular weight excluding hydrogens is 350 g/mol. The first-order valence-electron chi connectivity index (χ1n) is 7.38. The maximum absolute atomic E-state index is 12.4. The third kappa shape index (κ3) is 6.00. The highest BCUT2D eigenvalue weighted by Crippen LogP contribution is 2.24. The monoisotopic (exact) mass is 373 g/mol. The molecule has 0 saturated carbocycles. The average Bonchev–Trinajstić information content (AvgIpc) is 2.58. The summed E-state index contributed by atoms with van der Waals surface area (Å²) in [5.74, 6) is -0.743. The minimum Gasteiger partial charge on any atom is -0.495 e. The number of likely N-dealkylation sites (N-methyl/N-ethyl adjacent to an activating group) is 1. The van der Waals surface area contributed by atoms with E-state index in [9.17, 15) is 18.0 Å². The Kier molecular flexibility index (Phi) is 7.81. The van der Waals surface area contributed by atoms with Gasteiger partial charge in [0.15, 0.2) is 0 Å². The summed E-state index contributed by atoms with van der Waals surface area (Å²) in [6.45, 7) is 0.0934. The van der Waals surface area contributed by atoms with E-state index in [-0.39, 0.29) is 41.8 Å². The predicted octanol–water partition coefficient (Wildman–Crippen LogP) is -0.562. The van der Waals surface area contributed by atoms with E-state index in [1.807, 2.05) is 0 Å². The Morgan fingerprint density at radius 2 is 1.88 bits per heavy atom. The van der Waals surface area contributed by atoms with E-state index >= 15 is 0 Å². The lowest BCUT2D eigenvalue weighted by atomic mass is 10.2. The van der Waals surface area contributed by atoms with Crippen LogP contribution in [0.1, 0.15) is 10.4 Å². The Morgan fingerprint density at radius 1 is 1.20 bits per heavy atom. The molecule has 0 radical (unpaired) electrons. The van der Waals surface area contributed by atoms with Crippen molar-refractivity contribution < 1.29 is 27.5 Å². The number of ether oxygens (including phenoxy) is 2. The number of rotatable bonds is 9. The first kappa shape index (κ1) is 20.9. The summed E-state index contributed by atoms with van der Waals surface area (Å²) >= 11 is 0. The van der Waals surface area contributed by atoms with Crippen LogP contribution in [0.3, 0.4) is 0 Å². The Balaban J connectivity index is 3.01. The predicted molar refractivity (Wildman–Crippen MR) is 91.1 cm³/mol. The molecule has 1 rings (SSSR count). The van der Waals surface area contributed by atoms with E-state index in [0.29, 0.717) is 0 Å². The number of sulfonamides is 1. The molecule has 9 nitrogen and oxygen atoms in total. The van der Waals surface area contributed by atoms with Crippen molar-refractivity contribution >= 4 is 21.8 Å². The van der Waals surface area contributed by atoms with E-state index in [2.05, 4.69) is 10.0 Å². The number of amides is 2. The van der Waals surface area contributed by atoms with Crippen molar-refractivity contribution in [3.63, 3.8) is 0 Å². The summed E-state index contributed by atoms with van der Waals surface area (Å²) in [4.78, 5) is 24.8. The van der Waals surface area contributed by atoms with Crippen LogP contribution in [-0.4, -0.2) is 73.1 Å². The van der Waals surface area contributed by atoms with Gasteiger partial charge in [0, 0.05) is 33.3 Å². The molecule has 0 saturated heterocycles. The van der Waals surface area contributed by atoms with Gasteiger partial charge in [-0.05, 0) is 18.2 Å². The van der Waals surface area contributed by atoms with Gasteiger partial charge in [-0.1, -0.05) is 0 Å². The highest BCUT2D eigenvalue weighted by Gasteiger charge is 2.21. The summed E-state index contributed by atoms with van der Waals surface area (Å²) in [6.07, 6.45) is 0. The fourth-order valence-corrected chi connectivity index (χ4v) is 3.01. The number of carbonyl (C=O) groups is 2. The molecule has 0 aromatic heterocycles. The Labute approximate surface area is 147 Å². The fraction of sp³-hybridized carbons (Fsp3) is 0.467. The summed E-state index contributed by atoms with van der Waals surface area (Å²) in [5.41, 5.74) is 0.0967. The zero-order valence-corrected chi connectivity index (χ0v) is 15.5. The average molecular weight is 373 g/mol. The molecule has 2 N–H and O–H groups in total. The number of nitrogens with zero attached hydrogens (tertiary/aromatic N) is 1. The molecule has 0 atom stereocenters. The molecule has 0 aliphatic heterocycles. The van der Waals surface area contributed by atoms with Crippen molar-refractivity contribution in [2.24, 2.45) is 0 Å². The number of benzene rings is 1. The van der Waals surface area contributed by atoms with Crippen molar-refractivity contribution in [3.05, 3.63) is 23.8 Å². The first-order valence-corrected chi connectivity index (χ1v) is 8.86. The van der Waals surface area contributed by atoms with Crippen LogP contribution in [0.15, 0.2) is 23.1 Å². The quantitative estimate of drug-likeness (QED) is 0.561. The van der Waals surface area contributed by atoms with Crippen LogP contribution >= 0.6 is 0 Å². The Hall–Kier alpha value is -2.17. The van der Waals surface area contributed by atoms with Gasteiger partial charge in [0.2, 0.25) is 15.9 Å². The summed E-state index contributed by atoms with van der Waals surface area (Å²) in [5, 5.41) is 2.44. The zero-order valence-electron chi connectivity index (χ0n) is 14.7. The van der Waals surface area contributed by atoms with Crippen LogP contribution in [0.2, 0.25) is 0 Å². The maximum atomic E-state index is 12.4. The van der Waals surface area contributed by atoms with Gasteiger partial charge < -0.3 is 19.7 Å². The molecule has 0 aliphatic rings. The molecule has 0 aliphatic carbocycles. The fourth-order valence-electron chi connectivity index (χ4n) is 1.80. The largest absolute Gasteiger partial charge is 0.495 e. The molecular formula is C15H23N3O6S. The summed E-state index contributed by atoms with van der Waals surface area (Å²) in [6, 6.07) is 4.00. The number of hydrogen-bond donors (Lipinski definition) is 2. The number of methoxy groups -OCH3 is 2. The molecule has 2 amide bonds. The first-order chi connectivity index (χ1) is 11.7. The van der Waals surface area contributed by atoms with Crippen molar-refractivity contribution in [1.82, 2.24) is 14.9 Å². The third-order valence-electron chi connectivity index (χ3n) is 3.21. The van der Waals surface area contributed by atoms with Crippen LogP contribution < -0.4 is 14.8 Å². The summed E-state index contributed by atoms with van der Waals surface area (Å²) < 4.78 is 37.0. The lowest BCUT2D eigenvalue weighted by molar-refractivity contribution is -0.127. The number of carbonyl (C=O) groups excluding carboxylic acids is 2. The molecule has 140 valence electrons. The van der Waals surface area contributed by atoms with Crippen molar-refractivity contribution in [2.45, 2.75) is 4.90 Å². The van der Waals surface area contributed by atoms with Crippen LogP contribution in [0.4, 0.5) is 0 Å². The van der Waals surface area contributed by atoms with Gasteiger partial charge in [0.25, 0.3) is 5.91 Å². The van der Waals surface area contributed by atoms with Gasteiger partial charge in [-0.25, -0.2) is 13.1 Å². The second-order valence-electron chi connectivity index (χ2n) is 5.23. The van der Waals surface area contributed by atoms with Gasteiger partial charge in [-0.15, -0.1) is 0 Å². The minimum atomic E-state index is -3.89. The van der Waals surface area contributed by atoms with E-state index in [1.54, 1.807) is 14.1 Å². The number of nitrogens with one attached hydrogen (secondary N) is 2. The number of hydrogen-bond acceptors (Lipinski definition) is 6. The highest BCUT2D eigenvalue weighted by atomic mass is 32.2. The van der Waals surface area contributed by atoms with Crippen LogP contribution in [0, 0.1) is 0 Å². The van der Waals surface area contributed by atoms with E-state index in [0.717, 1.165) is 0 Å². The van der Waals surface area contributed by atoms with Gasteiger partial charge in [0.05, 0.1) is 20.3 Å². The van der Waals surface area contributed by atoms with Gasteiger partial charge >= 0.3 is 0 Å². The molecule has 0 bridgehead atoms. The Bertz CT molecular complexity index is 718. The maximum Gasteiger partial charge on any atom is 0.251 e. The lowest BCUT2D eigenvalue weighted by Crippen LogP contribution is -2.36. The van der Waals surface area contributed by atoms with E-state index < -0.39 is 15.9 Å². The smallest absolute Gasteiger partial charge is 0.251 e. The molecule has 0 unspecified atom stereocenters. The normalized spacial score (nSPS) is 11.0. The zero-order chi connectivity index (χ0) is 19.0. The molecule has 0 heterocycles. The van der Waals surface area contributed by atoms with Crippen LogP contribution in [0.25, 0.3) is 0 Å². The molecule has 0 fully saturated rings. The van der Waals surface area contributed by atoms with Crippen LogP contribution in [0.5, 0.6) is 5.75 Å². The van der Waals surface area contributed by atoms with Crippen molar-refractivity contribution in [2.75, 3.05) is 48.0 Å². The van der Waals surface area contributed by atoms with E-state index in [4.69, 9.17) is 9.47 Å². The molecule has 1 aromatic rings. The topological polar surface area (TPSA) is 114 Å². The van der Waals surface area contributed by atoms with Gasteiger partial charge in [-0.2, -0.15) is 0 Å². The lowest BCUT2D eigenvalue weighted by Gasteiger charge is -2.13. The van der Waals surface area contributed by atoms with E-state index in [1.165, 1.54) is 37.3 Å². The molecule has 10 heteroatoms. The van der Waals surface area contributed by atoms with Gasteiger partial charge in [-0.3, -0.25) is 9.59 Å². The van der Waals surface area contributed by atoms with Crippen molar-refractivity contribution in [3.8, 4) is 5.75 Å². The highest BCUT2D eigenvalue weighted by molar-refractivity contribution is 7.89. The second kappa shape index (κ2) is 9.35. The minimum absolute atomic E-state index is 0.0791. The second-order valence-corrected chi connectivity index (χ2v) is 6.96.